The number of aliphatic hydroxyl groups is 1. The van der Waals surface area contributed by atoms with Crippen LogP contribution in [0.1, 0.15) is 30.3 Å². The molecule has 0 spiro atoms. The van der Waals surface area contributed by atoms with Crippen molar-refractivity contribution in [1.82, 2.24) is 9.78 Å². The molecular formula is C11H19N3O. The quantitative estimate of drug-likeness (QED) is 0.706. The predicted octanol–water partition coefficient (Wildman–Crippen LogP) is 0.457. The predicted molar refractivity (Wildman–Crippen MR) is 58.4 cm³/mol. The van der Waals surface area contributed by atoms with Crippen molar-refractivity contribution in [2.45, 2.75) is 32.2 Å². The third kappa shape index (κ3) is 1.32. The summed E-state index contributed by atoms with van der Waals surface area (Å²) < 4.78 is 1.86. The van der Waals surface area contributed by atoms with Crippen LogP contribution in [0.15, 0.2) is 0 Å². The second-order valence-electron chi connectivity index (χ2n) is 4.67. The van der Waals surface area contributed by atoms with E-state index in [-0.39, 0.29) is 6.61 Å². The molecule has 2 unspecified atom stereocenters. The molecule has 0 fully saturated rings. The van der Waals surface area contributed by atoms with Crippen molar-refractivity contribution in [1.29, 1.82) is 0 Å². The highest BCUT2D eigenvalue weighted by Gasteiger charge is 2.41. The average Bonchev–Trinajstić information content (AvgIpc) is 2.50. The molecule has 2 atom stereocenters. The van der Waals surface area contributed by atoms with Crippen LogP contribution in [0.2, 0.25) is 0 Å². The lowest BCUT2D eigenvalue weighted by atomic mass is 9.72. The maximum atomic E-state index is 9.54. The van der Waals surface area contributed by atoms with Gasteiger partial charge < -0.3 is 10.8 Å². The second kappa shape index (κ2) is 3.32. The van der Waals surface area contributed by atoms with Gasteiger partial charge in [-0.05, 0) is 25.7 Å². The van der Waals surface area contributed by atoms with Gasteiger partial charge in [0.15, 0.2) is 0 Å². The lowest BCUT2D eigenvalue weighted by Gasteiger charge is -2.38. The van der Waals surface area contributed by atoms with Gasteiger partial charge in [0, 0.05) is 18.3 Å². The fraction of sp³-hybridized carbons (Fsp3) is 0.727. The Morgan fingerprint density at radius 3 is 2.93 bits per heavy atom. The number of hydrogen-bond acceptors (Lipinski definition) is 3. The van der Waals surface area contributed by atoms with E-state index in [1.807, 2.05) is 18.7 Å². The highest BCUT2D eigenvalue weighted by Crippen LogP contribution is 2.38. The molecule has 3 N–H and O–H groups in total. The normalized spacial score (nSPS) is 30.3. The Labute approximate surface area is 90.1 Å². The van der Waals surface area contributed by atoms with Gasteiger partial charge in [0.2, 0.25) is 0 Å². The summed E-state index contributed by atoms with van der Waals surface area (Å²) in [5.41, 5.74) is 8.92. The van der Waals surface area contributed by atoms with Crippen LogP contribution < -0.4 is 5.73 Å². The lowest BCUT2D eigenvalue weighted by molar-refractivity contribution is 0.132. The fourth-order valence-corrected chi connectivity index (χ4v) is 2.55. The molecule has 0 aromatic carbocycles. The number of nitrogens with zero attached hydrogens (tertiary/aromatic N) is 2. The van der Waals surface area contributed by atoms with E-state index in [9.17, 15) is 5.11 Å². The maximum Gasteiger partial charge on any atom is 0.0706 e. The van der Waals surface area contributed by atoms with Crippen LogP contribution in [-0.4, -0.2) is 21.5 Å². The van der Waals surface area contributed by atoms with Crippen molar-refractivity contribution in [2.24, 2.45) is 18.7 Å². The zero-order chi connectivity index (χ0) is 11.2. The van der Waals surface area contributed by atoms with E-state index >= 15 is 0 Å². The molecule has 0 saturated carbocycles. The maximum absolute atomic E-state index is 9.54. The minimum atomic E-state index is -0.605. The summed E-state index contributed by atoms with van der Waals surface area (Å²) in [5.74, 6) is 0.304. The van der Waals surface area contributed by atoms with E-state index < -0.39 is 5.54 Å². The third-order valence-electron chi connectivity index (χ3n) is 3.83. The molecule has 84 valence electrons. The lowest BCUT2D eigenvalue weighted by Crippen LogP contribution is -2.49. The number of aromatic nitrogens is 2. The van der Waals surface area contributed by atoms with Gasteiger partial charge in [-0.15, -0.1) is 0 Å². The molecule has 0 radical (unpaired) electrons. The van der Waals surface area contributed by atoms with Crippen LogP contribution in [0.25, 0.3) is 0 Å². The molecule has 4 nitrogen and oxygen atoms in total. The van der Waals surface area contributed by atoms with Crippen LogP contribution >= 0.6 is 0 Å². The van der Waals surface area contributed by atoms with Crippen LogP contribution in [0.4, 0.5) is 0 Å². The number of aryl methyl sites for hydroxylation is 2. The molecule has 0 amide bonds. The zero-order valence-electron chi connectivity index (χ0n) is 9.62. The molecule has 15 heavy (non-hydrogen) atoms. The number of rotatable bonds is 1. The molecule has 1 aliphatic rings. The monoisotopic (exact) mass is 209 g/mol. The summed E-state index contributed by atoms with van der Waals surface area (Å²) in [4.78, 5) is 0. The molecule has 4 heteroatoms. The Morgan fingerprint density at radius 1 is 1.67 bits per heavy atom. The topological polar surface area (TPSA) is 64.1 Å². The largest absolute Gasteiger partial charge is 0.394 e. The Balaban J connectivity index is 2.61. The van der Waals surface area contributed by atoms with Crippen LogP contribution in [0.5, 0.6) is 0 Å². The van der Waals surface area contributed by atoms with Crippen molar-refractivity contribution >= 4 is 0 Å². The average molecular weight is 209 g/mol. The van der Waals surface area contributed by atoms with Gasteiger partial charge in [-0.1, -0.05) is 6.92 Å². The first-order valence-corrected chi connectivity index (χ1v) is 5.43. The van der Waals surface area contributed by atoms with Crippen molar-refractivity contribution < 1.29 is 5.11 Å². The van der Waals surface area contributed by atoms with Crippen LogP contribution in [-0.2, 0) is 19.0 Å². The van der Waals surface area contributed by atoms with Crippen molar-refractivity contribution in [2.75, 3.05) is 6.61 Å². The van der Waals surface area contributed by atoms with E-state index in [1.165, 1.54) is 0 Å². The first-order valence-electron chi connectivity index (χ1n) is 5.43. The summed E-state index contributed by atoms with van der Waals surface area (Å²) in [6, 6.07) is 0. The van der Waals surface area contributed by atoms with E-state index in [0.29, 0.717) is 5.92 Å². The number of hydrogen-bond donors (Lipinski definition) is 2. The second-order valence-corrected chi connectivity index (χ2v) is 4.67. The molecule has 0 aliphatic heterocycles. The SMILES string of the molecule is Cc1c2c(nn1C)CCC(C)C2(N)CO. The van der Waals surface area contributed by atoms with E-state index in [0.717, 1.165) is 29.8 Å². The van der Waals surface area contributed by atoms with E-state index in [1.54, 1.807) is 0 Å². The van der Waals surface area contributed by atoms with Crippen molar-refractivity contribution in [3.63, 3.8) is 0 Å². The first kappa shape index (κ1) is 10.6. The Hall–Kier alpha value is -0.870. The standard InChI is InChI=1S/C11H19N3O/c1-7-4-5-9-10(11(7,12)6-15)8(2)14(3)13-9/h7,15H,4-6,12H2,1-3H3. The Bertz CT molecular complexity index is 385. The summed E-state index contributed by atoms with van der Waals surface area (Å²) in [5, 5.41) is 14.0. The summed E-state index contributed by atoms with van der Waals surface area (Å²) in [6.45, 7) is 4.11. The van der Waals surface area contributed by atoms with Gasteiger partial charge in [-0.2, -0.15) is 5.10 Å². The van der Waals surface area contributed by atoms with Gasteiger partial charge in [0.05, 0.1) is 17.8 Å². The molecule has 0 saturated heterocycles. The van der Waals surface area contributed by atoms with E-state index in [4.69, 9.17) is 5.73 Å². The van der Waals surface area contributed by atoms with E-state index in [2.05, 4.69) is 12.0 Å². The fourth-order valence-electron chi connectivity index (χ4n) is 2.55. The molecule has 1 aromatic rings. The molecule has 1 aromatic heterocycles. The van der Waals surface area contributed by atoms with Crippen LogP contribution in [0.3, 0.4) is 0 Å². The summed E-state index contributed by atoms with van der Waals surface area (Å²) >= 11 is 0. The Morgan fingerprint density at radius 2 is 2.33 bits per heavy atom. The van der Waals surface area contributed by atoms with Gasteiger partial charge in [0.25, 0.3) is 0 Å². The molecule has 1 aliphatic carbocycles. The highest BCUT2D eigenvalue weighted by atomic mass is 16.3. The minimum absolute atomic E-state index is 0.00625. The minimum Gasteiger partial charge on any atom is -0.394 e. The van der Waals surface area contributed by atoms with Gasteiger partial charge in [0.1, 0.15) is 0 Å². The van der Waals surface area contributed by atoms with Gasteiger partial charge >= 0.3 is 0 Å². The molecular weight excluding hydrogens is 190 g/mol. The smallest absolute Gasteiger partial charge is 0.0706 e. The first-order chi connectivity index (χ1) is 7.00. The molecule has 2 rings (SSSR count). The molecule has 0 bridgehead atoms. The van der Waals surface area contributed by atoms with Crippen molar-refractivity contribution in [3.05, 3.63) is 17.0 Å². The van der Waals surface area contributed by atoms with Crippen molar-refractivity contribution in [3.8, 4) is 0 Å². The number of aliphatic hydroxyl groups excluding tert-OH is 1. The Kier molecular flexibility index (Phi) is 2.35. The van der Waals surface area contributed by atoms with Gasteiger partial charge in [-0.3, -0.25) is 4.68 Å². The van der Waals surface area contributed by atoms with Crippen LogP contribution in [0, 0.1) is 12.8 Å². The number of nitrogens with two attached hydrogens (primary N) is 1. The number of fused-ring (bicyclic) bond motifs is 1. The summed E-state index contributed by atoms with van der Waals surface area (Å²) in [7, 11) is 1.93. The molecule has 1 heterocycles. The zero-order valence-corrected chi connectivity index (χ0v) is 9.62. The highest BCUT2D eigenvalue weighted by molar-refractivity contribution is 5.36. The summed E-state index contributed by atoms with van der Waals surface area (Å²) in [6.07, 6.45) is 1.97. The third-order valence-corrected chi connectivity index (χ3v) is 3.83. The van der Waals surface area contributed by atoms with Gasteiger partial charge in [-0.25, -0.2) is 0 Å².